The van der Waals surface area contributed by atoms with Crippen LogP contribution in [-0.2, 0) is 11.3 Å². The molecular weight excluding hydrogens is 510 g/mol. The van der Waals surface area contributed by atoms with Crippen LogP contribution in [0.2, 0.25) is 0 Å². The van der Waals surface area contributed by atoms with E-state index >= 15 is 0 Å². The van der Waals surface area contributed by atoms with Gasteiger partial charge < -0.3 is 25.2 Å². The highest BCUT2D eigenvalue weighted by Crippen LogP contribution is 2.21. The van der Waals surface area contributed by atoms with Crippen molar-refractivity contribution in [1.29, 1.82) is 0 Å². The molecule has 0 saturated carbocycles. The first-order valence-corrected chi connectivity index (χ1v) is 10.5. The molecule has 31 heavy (non-hydrogen) atoms. The number of anilines is 2. The van der Waals surface area contributed by atoms with Gasteiger partial charge in [-0.3, -0.25) is 4.99 Å². The maximum absolute atomic E-state index is 14.0. The van der Waals surface area contributed by atoms with Gasteiger partial charge in [-0.1, -0.05) is 12.1 Å². The van der Waals surface area contributed by atoms with E-state index in [1.165, 1.54) is 17.3 Å². The van der Waals surface area contributed by atoms with Crippen molar-refractivity contribution < 1.29 is 9.13 Å². The number of nitrogens with zero attached hydrogens (tertiary/aromatic N) is 4. The van der Waals surface area contributed by atoms with Crippen LogP contribution in [0, 0.1) is 5.82 Å². The summed E-state index contributed by atoms with van der Waals surface area (Å²) in [5, 5.41) is 6.82. The molecule has 9 heteroatoms. The zero-order chi connectivity index (χ0) is 20.8. The molecule has 0 amide bonds. The zero-order valence-electron chi connectivity index (χ0n) is 17.8. The molecule has 168 valence electrons. The van der Waals surface area contributed by atoms with Gasteiger partial charge in [0, 0.05) is 57.7 Å². The second-order valence-electron chi connectivity index (χ2n) is 7.58. The van der Waals surface area contributed by atoms with Crippen molar-refractivity contribution in [3.05, 3.63) is 54.0 Å². The Kier molecular flexibility index (Phi) is 8.70. The number of hydrogen-bond acceptors (Lipinski definition) is 5. The predicted octanol–water partition coefficient (Wildman–Crippen LogP) is 2.62. The lowest BCUT2D eigenvalue weighted by Gasteiger charge is -2.29. The number of rotatable bonds is 5. The summed E-state index contributed by atoms with van der Waals surface area (Å²) in [5.74, 6) is 0.895. The number of aliphatic imine (C=N–C) groups is 1. The number of guanidine groups is 1. The largest absolute Gasteiger partial charge is 0.378 e. The fraction of sp³-hybridized carbons (Fsp3) is 0.455. The van der Waals surface area contributed by atoms with E-state index in [0.717, 1.165) is 45.2 Å². The van der Waals surface area contributed by atoms with Crippen LogP contribution in [0.1, 0.15) is 12.0 Å². The second-order valence-corrected chi connectivity index (χ2v) is 7.58. The van der Waals surface area contributed by atoms with Crippen LogP contribution in [0.4, 0.5) is 15.9 Å². The van der Waals surface area contributed by atoms with E-state index in [1.54, 1.807) is 19.3 Å². The standard InChI is InChI=1S/C22H29FN6O.HI/c1-24-22(27-18-8-10-29(16-18)21-20(23)3-2-9-25-21)26-15-17-4-6-19(7-5-17)28-11-13-30-14-12-28;/h2-7,9,18H,8,10-16H2,1H3,(H2,24,26,27);1H. The van der Waals surface area contributed by atoms with Crippen LogP contribution >= 0.6 is 24.0 Å². The van der Waals surface area contributed by atoms with Gasteiger partial charge in [-0.2, -0.15) is 0 Å². The maximum atomic E-state index is 14.0. The topological polar surface area (TPSA) is 65.0 Å². The van der Waals surface area contributed by atoms with Crippen molar-refractivity contribution in [1.82, 2.24) is 15.6 Å². The quantitative estimate of drug-likeness (QED) is 0.346. The SMILES string of the molecule is CN=C(NCc1ccc(N2CCOCC2)cc1)NC1CCN(c2ncccc2F)C1.I. The summed E-state index contributed by atoms with van der Waals surface area (Å²) in [6.45, 7) is 5.61. The Balaban J connectivity index is 0.00000272. The first kappa shape index (κ1) is 23.5. The lowest BCUT2D eigenvalue weighted by atomic mass is 10.2. The highest BCUT2D eigenvalue weighted by Gasteiger charge is 2.25. The van der Waals surface area contributed by atoms with Gasteiger partial charge in [-0.25, -0.2) is 9.37 Å². The average molecular weight is 540 g/mol. The van der Waals surface area contributed by atoms with Gasteiger partial charge in [0.2, 0.25) is 0 Å². The van der Waals surface area contributed by atoms with Crippen molar-refractivity contribution in [2.75, 3.05) is 56.2 Å². The lowest BCUT2D eigenvalue weighted by Crippen LogP contribution is -2.44. The van der Waals surface area contributed by atoms with Crippen LogP contribution < -0.4 is 20.4 Å². The molecular formula is C22H30FIN6O. The van der Waals surface area contributed by atoms with Crippen LogP contribution in [-0.4, -0.2) is 63.4 Å². The normalized spacial score (nSPS) is 19.2. The van der Waals surface area contributed by atoms with Gasteiger partial charge in [0.05, 0.1) is 13.2 Å². The minimum absolute atomic E-state index is 0. The number of pyridine rings is 1. The summed E-state index contributed by atoms with van der Waals surface area (Å²) in [6.07, 6.45) is 2.54. The van der Waals surface area contributed by atoms with Crippen LogP contribution in [0.3, 0.4) is 0 Å². The molecule has 2 aromatic rings. The molecule has 2 N–H and O–H groups in total. The smallest absolute Gasteiger partial charge is 0.191 e. The lowest BCUT2D eigenvalue weighted by molar-refractivity contribution is 0.122. The Labute approximate surface area is 200 Å². The minimum atomic E-state index is -0.277. The van der Waals surface area contributed by atoms with E-state index < -0.39 is 0 Å². The molecule has 2 aliphatic rings. The van der Waals surface area contributed by atoms with Gasteiger partial charge in [0.25, 0.3) is 0 Å². The fourth-order valence-corrected chi connectivity index (χ4v) is 3.90. The maximum Gasteiger partial charge on any atom is 0.191 e. The molecule has 0 radical (unpaired) electrons. The molecule has 2 fully saturated rings. The number of hydrogen-bond donors (Lipinski definition) is 2. The molecule has 2 saturated heterocycles. The van der Waals surface area contributed by atoms with Crippen LogP contribution in [0.5, 0.6) is 0 Å². The average Bonchev–Trinajstić information content (AvgIpc) is 3.26. The van der Waals surface area contributed by atoms with Gasteiger partial charge in [-0.15, -0.1) is 24.0 Å². The second kappa shape index (κ2) is 11.5. The Bertz CT molecular complexity index is 859. The molecule has 2 aliphatic heterocycles. The highest BCUT2D eigenvalue weighted by molar-refractivity contribution is 14.0. The van der Waals surface area contributed by atoms with E-state index in [-0.39, 0.29) is 35.8 Å². The van der Waals surface area contributed by atoms with Gasteiger partial charge in [0.1, 0.15) is 0 Å². The number of morpholine rings is 1. The number of benzene rings is 1. The van der Waals surface area contributed by atoms with Crippen molar-refractivity contribution in [3.8, 4) is 0 Å². The molecule has 1 aromatic heterocycles. The molecule has 0 spiro atoms. The Morgan fingerprint density at radius 1 is 1.16 bits per heavy atom. The molecule has 4 rings (SSSR count). The van der Waals surface area contributed by atoms with E-state index in [2.05, 4.69) is 49.8 Å². The number of nitrogens with one attached hydrogen (secondary N) is 2. The summed E-state index contributed by atoms with van der Waals surface area (Å²) < 4.78 is 19.4. The first-order chi connectivity index (χ1) is 14.7. The Morgan fingerprint density at radius 2 is 1.94 bits per heavy atom. The van der Waals surface area contributed by atoms with Gasteiger partial charge in [0.15, 0.2) is 17.6 Å². The summed E-state index contributed by atoms with van der Waals surface area (Å²) in [4.78, 5) is 12.8. The van der Waals surface area contributed by atoms with E-state index in [1.807, 2.05) is 4.90 Å². The third kappa shape index (κ3) is 6.19. The zero-order valence-corrected chi connectivity index (χ0v) is 20.1. The van der Waals surface area contributed by atoms with E-state index in [9.17, 15) is 4.39 Å². The third-order valence-electron chi connectivity index (χ3n) is 5.56. The van der Waals surface area contributed by atoms with Crippen molar-refractivity contribution in [2.24, 2.45) is 4.99 Å². The molecule has 0 aliphatic carbocycles. The summed E-state index contributed by atoms with van der Waals surface area (Å²) in [5.41, 5.74) is 2.43. The van der Waals surface area contributed by atoms with Gasteiger partial charge in [-0.05, 0) is 36.2 Å². The summed E-state index contributed by atoms with van der Waals surface area (Å²) in [7, 11) is 1.77. The predicted molar refractivity (Wildman–Crippen MR) is 133 cm³/mol. The van der Waals surface area contributed by atoms with Crippen LogP contribution in [0.15, 0.2) is 47.6 Å². The Hall–Kier alpha value is -2.14. The monoisotopic (exact) mass is 540 g/mol. The third-order valence-corrected chi connectivity index (χ3v) is 5.56. The number of aromatic nitrogens is 1. The molecule has 3 heterocycles. The molecule has 1 unspecified atom stereocenters. The molecule has 7 nitrogen and oxygen atoms in total. The molecule has 1 atom stereocenters. The van der Waals surface area contributed by atoms with Crippen molar-refractivity contribution in [2.45, 2.75) is 19.0 Å². The number of ether oxygens (including phenoxy) is 1. The van der Waals surface area contributed by atoms with Crippen LogP contribution in [0.25, 0.3) is 0 Å². The van der Waals surface area contributed by atoms with Crippen molar-refractivity contribution in [3.63, 3.8) is 0 Å². The fourth-order valence-electron chi connectivity index (χ4n) is 3.90. The van der Waals surface area contributed by atoms with E-state index in [0.29, 0.717) is 18.9 Å². The highest BCUT2D eigenvalue weighted by atomic mass is 127. The molecule has 0 bridgehead atoms. The summed E-state index contributed by atoms with van der Waals surface area (Å²) in [6, 6.07) is 11.9. The summed E-state index contributed by atoms with van der Waals surface area (Å²) >= 11 is 0. The first-order valence-electron chi connectivity index (χ1n) is 10.5. The van der Waals surface area contributed by atoms with Gasteiger partial charge >= 0.3 is 0 Å². The Morgan fingerprint density at radius 3 is 2.65 bits per heavy atom. The van der Waals surface area contributed by atoms with E-state index in [4.69, 9.17) is 4.74 Å². The van der Waals surface area contributed by atoms with Crippen molar-refractivity contribution >= 4 is 41.4 Å². The number of halogens is 2. The minimum Gasteiger partial charge on any atom is -0.378 e. The molecule has 1 aromatic carbocycles.